The van der Waals surface area contributed by atoms with Crippen molar-refractivity contribution in [1.82, 2.24) is 4.90 Å². The Hall–Kier alpha value is -1.82. The molecule has 1 amide bonds. The molecule has 0 spiro atoms. The maximum atomic E-state index is 13.0. The minimum Gasteiger partial charge on any atom is -0.368 e. The summed E-state index contributed by atoms with van der Waals surface area (Å²) in [6.45, 7) is 2.82. The van der Waals surface area contributed by atoms with Gasteiger partial charge in [-0.3, -0.25) is 4.79 Å². The van der Waals surface area contributed by atoms with Gasteiger partial charge < -0.3 is 15.5 Å². The highest BCUT2D eigenvalue weighted by Gasteiger charge is 2.23. The van der Waals surface area contributed by atoms with E-state index in [0.717, 1.165) is 24.3 Å². The molecule has 1 saturated heterocycles. The zero-order valence-corrected chi connectivity index (χ0v) is 16.0. The summed E-state index contributed by atoms with van der Waals surface area (Å²) in [6, 6.07) is 15.9. The zero-order valence-electron chi connectivity index (χ0n) is 14.4. The second-order valence-electron chi connectivity index (χ2n) is 6.07. The highest BCUT2D eigenvalue weighted by molar-refractivity contribution is 5.85. The highest BCUT2D eigenvalue weighted by Crippen LogP contribution is 2.19. The minimum atomic E-state index is -0.270. The molecule has 2 aromatic carbocycles. The Bertz CT molecular complexity index is 677. The van der Waals surface area contributed by atoms with Crippen LogP contribution >= 0.6 is 24.8 Å². The summed E-state index contributed by atoms with van der Waals surface area (Å²) < 4.78 is 13.0. The van der Waals surface area contributed by atoms with E-state index < -0.39 is 0 Å². The number of nitrogens with zero attached hydrogens (tertiary/aromatic N) is 2. The first-order chi connectivity index (χ1) is 11.6. The van der Waals surface area contributed by atoms with Gasteiger partial charge in [-0.15, -0.1) is 24.8 Å². The van der Waals surface area contributed by atoms with Gasteiger partial charge in [-0.1, -0.05) is 30.3 Å². The molecule has 0 saturated carbocycles. The molecule has 4 nitrogen and oxygen atoms in total. The number of amides is 1. The van der Waals surface area contributed by atoms with Gasteiger partial charge in [-0.25, -0.2) is 4.39 Å². The number of rotatable bonds is 4. The van der Waals surface area contributed by atoms with Crippen LogP contribution in [0.2, 0.25) is 0 Å². The normalized spacial score (nSPS) is 14.8. The maximum Gasteiger partial charge on any atom is 0.224 e. The van der Waals surface area contributed by atoms with Crippen LogP contribution in [0.1, 0.15) is 18.0 Å². The first kappa shape index (κ1) is 22.2. The van der Waals surface area contributed by atoms with Gasteiger partial charge in [-0.05, 0) is 29.8 Å². The lowest BCUT2D eigenvalue weighted by Gasteiger charge is -2.36. The minimum absolute atomic E-state index is 0. The fourth-order valence-corrected chi connectivity index (χ4v) is 3.00. The summed E-state index contributed by atoms with van der Waals surface area (Å²) in [4.78, 5) is 16.5. The number of carbonyl (C=O) groups is 1. The molecule has 1 atom stereocenters. The van der Waals surface area contributed by atoms with Crippen LogP contribution in [0.3, 0.4) is 0 Å². The van der Waals surface area contributed by atoms with Crippen molar-refractivity contribution >= 4 is 36.4 Å². The molecule has 2 aromatic rings. The summed E-state index contributed by atoms with van der Waals surface area (Å²) in [5.74, 6) is -0.146. The number of piperazine rings is 1. The van der Waals surface area contributed by atoms with Crippen molar-refractivity contribution in [3.05, 3.63) is 66.0 Å². The molecule has 142 valence electrons. The van der Waals surface area contributed by atoms with Crippen LogP contribution in [-0.2, 0) is 4.79 Å². The SMILES string of the molecule is Cl.Cl.NC(CC(=O)N1CCN(c2ccc(F)cc2)CC1)c1ccccc1. The Balaban J connectivity index is 0.00000169. The summed E-state index contributed by atoms with van der Waals surface area (Å²) in [6.07, 6.45) is 0.320. The molecule has 7 heteroatoms. The monoisotopic (exact) mass is 399 g/mol. The Morgan fingerprint density at radius 3 is 2.12 bits per heavy atom. The number of nitrogens with two attached hydrogens (primary N) is 1. The predicted molar refractivity (Wildman–Crippen MR) is 108 cm³/mol. The van der Waals surface area contributed by atoms with Gasteiger partial charge in [0.1, 0.15) is 5.82 Å². The quantitative estimate of drug-likeness (QED) is 0.856. The molecular formula is C19H24Cl2FN3O. The largest absolute Gasteiger partial charge is 0.368 e. The predicted octanol–water partition coefficient (Wildman–Crippen LogP) is 3.41. The number of hydrogen-bond acceptors (Lipinski definition) is 3. The first-order valence-electron chi connectivity index (χ1n) is 8.22. The van der Waals surface area contributed by atoms with Gasteiger partial charge in [-0.2, -0.15) is 0 Å². The van der Waals surface area contributed by atoms with Gasteiger partial charge in [0.2, 0.25) is 5.91 Å². The summed E-state index contributed by atoms with van der Waals surface area (Å²) in [7, 11) is 0. The van der Waals surface area contributed by atoms with E-state index in [1.54, 1.807) is 12.1 Å². The van der Waals surface area contributed by atoms with E-state index in [1.807, 2.05) is 35.2 Å². The third-order valence-electron chi connectivity index (χ3n) is 4.45. The number of halogens is 3. The molecule has 1 fully saturated rings. The molecule has 26 heavy (non-hydrogen) atoms. The Kier molecular flexibility index (Phi) is 8.85. The third kappa shape index (κ3) is 5.59. The van der Waals surface area contributed by atoms with Crippen molar-refractivity contribution in [3.8, 4) is 0 Å². The van der Waals surface area contributed by atoms with E-state index in [0.29, 0.717) is 19.5 Å². The third-order valence-corrected chi connectivity index (χ3v) is 4.45. The molecule has 2 N–H and O–H groups in total. The van der Waals surface area contributed by atoms with Gasteiger partial charge in [0.05, 0.1) is 0 Å². The van der Waals surface area contributed by atoms with E-state index in [-0.39, 0.29) is 42.6 Å². The number of benzene rings is 2. The van der Waals surface area contributed by atoms with Crippen LogP contribution in [0.15, 0.2) is 54.6 Å². The molecule has 1 unspecified atom stereocenters. The maximum absolute atomic E-state index is 13.0. The summed E-state index contributed by atoms with van der Waals surface area (Å²) in [5.41, 5.74) is 8.11. The van der Waals surface area contributed by atoms with Crippen LogP contribution in [0.4, 0.5) is 10.1 Å². The smallest absolute Gasteiger partial charge is 0.224 e. The van der Waals surface area contributed by atoms with Crippen LogP contribution in [0.5, 0.6) is 0 Å². The Labute approximate surface area is 166 Å². The standard InChI is InChI=1S/C19H22FN3O.2ClH/c20-16-6-8-17(9-7-16)22-10-12-23(13-11-22)19(24)14-18(21)15-4-2-1-3-5-15;;/h1-9,18H,10-14,21H2;2*1H. The molecule has 0 aliphatic carbocycles. The second-order valence-corrected chi connectivity index (χ2v) is 6.07. The van der Waals surface area contributed by atoms with Gasteiger partial charge in [0.15, 0.2) is 0 Å². The summed E-state index contributed by atoms with van der Waals surface area (Å²) in [5, 5.41) is 0. The van der Waals surface area contributed by atoms with E-state index in [1.165, 1.54) is 12.1 Å². The lowest BCUT2D eigenvalue weighted by atomic mass is 10.0. The van der Waals surface area contributed by atoms with Gasteiger partial charge in [0, 0.05) is 44.3 Å². The molecular weight excluding hydrogens is 376 g/mol. The Morgan fingerprint density at radius 2 is 1.54 bits per heavy atom. The van der Waals surface area contributed by atoms with E-state index >= 15 is 0 Å². The second kappa shape index (κ2) is 10.4. The highest BCUT2D eigenvalue weighted by atomic mass is 35.5. The summed E-state index contributed by atoms with van der Waals surface area (Å²) >= 11 is 0. The first-order valence-corrected chi connectivity index (χ1v) is 8.22. The van der Waals surface area contributed by atoms with Crippen molar-refractivity contribution in [2.75, 3.05) is 31.1 Å². The number of carbonyl (C=O) groups excluding carboxylic acids is 1. The molecule has 1 aliphatic heterocycles. The van der Waals surface area contributed by atoms with E-state index in [4.69, 9.17) is 5.73 Å². The fourth-order valence-electron chi connectivity index (χ4n) is 3.00. The molecule has 0 radical (unpaired) electrons. The van der Waals surface area contributed by atoms with Crippen molar-refractivity contribution in [2.45, 2.75) is 12.5 Å². The molecule has 0 bridgehead atoms. The van der Waals surface area contributed by atoms with E-state index in [9.17, 15) is 9.18 Å². The van der Waals surface area contributed by atoms with Crippen LogP contribution in [-0.4, -0.2) is 37.0 Å². The number of anilines is 1. The Morgan fingerprint density at radius 1 is 0.962 bits per heavy atom. The van der Waals surface area contributed by atoms with Gasteiger partial charge in [0.25, 0.3) is 0 Å². The molecule has 3 rings (SSSR count). The average molecular weight is 400 g/mol. The van der Waals surface area contributed by atoms with Crippen LogP contribution in [0.25, 0.3) is 0 Å². The van der Waals surface area contributed by atoms with Crippen molar-refractivity contribution in [2.24, 2.45) is 5.73 Å². The lowest BCUT2D eigenvalue weighted by molar-refractivity contribution is -0.131. The van der Waals surface area contributed by atoms with Crippen LogP contribution in [0, 0.1) is 5.82 Å². The van der Waals surface area contributed by atoms with Gasteiger partial charge >= 0.3 is 0 Å². The van der Waals surface area contributed by atoms with Crippen molar-refractivity contribution in [1.29, 1.82) is 0 Å². The molecule has 1 heterocycles. The van der Waals surface area contributed by atoms with Crippen molar-refractivity contribution in [3.63, 3.8) is 0 Å². The van der Waals surface area contributed by atoms with E-state index in [2.05, 4.69) is 4.90 Å². The van der Waals surface area contributed by atoms with Crippen molar-refractivity contribution < 1.29 is 9.18 Å². The zero-order chi connectivity index (χ0) is 16.9. The number of hydrogen-bond donors (Lipinski definition) is 1. The molecule has 0 aromatic heterocycles. The lowest BCUT2D eigenvalue weighted by Crippen LogP contribution is -2.49. The topological polar surface area (TPSA) is 49.6 Å². The van der Waals surface area contributed by atoms with Crippen LogP contribution < -0.4 is 10.6 Å². The molecule has 1 aliphatic rings. The average Bonchev–Trinajstić information content (AvgIpc) is 2.63. The fraction of sp³-hybridized carbons (Fsp3) is 0.316.